The van der Waals surface area contributed by atoms with E-state index in [0.717, 1.165) is 31.0 Å². The monoisotopic (exact) mass is 281 g/mol. The number of aliphatic hydroxyl groups is 1. The van der Waals surface area contributed by atoms with E-state index in [-0.39, 0.29) is 12.7 Å². The van der Waals surface area contributed by atoms with Gasteiger partial charge in [-0.05, 0) is 11.6 Å². The highest BCUT2D eigenvalue weighted by Crippen LogP contribution is 2.15. The Morgan fingerprint density at radius 3 is 3.15 bits per heavy atom. The zero-order valence-corrected chi connectivity index (χ0v) is 11.9. The summed E-state index contributed by atoms with van der Waals surface area (Å²) in [7, 11) is 1.69. The molecule has 1 aromatic rings. The minimum Gasteiger partial charge on any atom is -0.394 e. The van der Waals surface area contributed by atoms with Crippen LogP contribution in [0.15, 0.2) is 18.3 Å². The van der Waals surface area contributed by atoms with E-state index in [2.05, 4.69) is 21.3 Å². The number of hydrogen-bond donors (Lipinski definition) is 2. The molecule has 1 unspecified atom stereocenters. The van der Waals surface area contributed by atoms with Crippen molar-refractivity contribution in [3.8, 4) is 0 Å². The van der Waals surface area contributed by atoms with Crippen molar-refractivity contribution in [1.29, 1.82) is 0 Å². The van der Waals surface area contributed by atoms with Gasteiger partial charge >= 0.3 is 0 Å². The molecule has 1 fully saturated rings. The van der Waals surface area contributed by atoms with Gasteiger partial charge in [0.15, 0.2) is 0 Å². The lowest BCUT2D eigenvalue weighted by molar-refractivity contribution is 0.00336. The smallest absolute Gasteiger partial charge is 0.128 e. The van der Waals surface area contributed by atoms with Crippen LogP contribution in [-0.2, 0) is 16.0 Å². The molecule has 0 aromatic carbocycles. The third kappa shape index (κ3) is 4.42. The number of pyridine rings is 1. The van der Waals surface area contributed by atoms with E-state index in [1.165, 1.54) is 0 Å². The molecule has 6 nitrogen and oxygen atoms in total. The van der Waals surface area contributed by atoms with E-state index < -0.39 is 0 Å². The molecule has 0 spiro atoms. The lowest BCUT2D eigenvalue weighted by Gasteiger charge is -2.32. The summed E-state index contributed by atoms with van der Waals surface area (Å²) in [5, 5.41) is 12.4. The third-order valence-electron chi connectivity index (χ3n) is 3.29. The van der Waals surface area contributed by atoms with Crippen LogP contribution in [0.25, 0.3) is 0 Å². The summed E-state index contributed by atoms with van der Waals surface area (Å²) in [6, 6.07) is 4.10. The van der Waals surface area contributed by atoms with Crippen molar-refractivity contribution in [2.24, 2.45) is 0 Å². The number of anilines is 1. The van der Waals surface area contributed by atoms with Gasteiger partial charge in [-0.15, -0.1) is 0 Å². The Kier molecular flexibility index (Phi) is 6.20. The lowest BCUT2D eigenvalue weighted by atomic mass is 10.2. The van der Waals surface area contributed by atoms with Crippen molar-refractivity contribution in [3.05, 3.63) is 23.9 Å². The predicted molar refractivity (Wildman–Crippen MR) is 76.9 cm³/mol. The summed E-state index contributed by atoms with van der Waals surface area (Å²) in [5.41, 5.74) is 1.15. The fourth-order valence-corrected chi connectivity index (χ4v) is 2.15. The second kappa shape index (κ2) is 8.16. The van der Waals surface area contributed by atoms with E-state index in [4.69, 9.17) is 14.6 Å². The fourth-order valence-electron chi connectivity index (χ4n) is 2.15. The largest absolute Gasteiger partial charge is 0.394 e. The van der Waals surface area contributed by atoms with E-state index in [9.17, 15) is 0 Å². The molecular formula is C14H23N3O3. The zero-order valence-electron chi connectivity index (χ0n) is 11.9. The average Bonchev–Trinajstić information content (AvgIpc) is 2.52. The standard InChI is InChI=1S/C14H23N3O3/c1-19-6-4-15-8-12-2-3-14(16-9-12)17-5-7-20-13(10-17)11-18/h2-3,9,13,15,18H,4-8,10-11H2,1H3. The highest BCUT2D eigenvalue weighted by Gasteiger charge is 2.20. The molecule has 1 atom stereocenters. The summed E-state index contributed by atoms with van der Waals surface area (Å²) in [6.07, 6.45) is 1.78. The van der Waals surface area contributed by atoms with E-state index in [1.54, 1.807) is 7.11 Å². The summed E-state index contributed by atoms with van der Waals surface area (Å²) >= 11 is 0. The van der Waals surface area contributed by atoms with Crippen LogP contribution in [0.4, 0.5) is 5.82 Å². The zero-order chi connectivity index (χ0) is 14.2. The minimum absolute atomic E-state index is 0.0536. The first-order chi connectivity index (χ1) is 9.83. The maximum absolute atomic E-state index is 9.15. The lowest BCUT2D eigenvalue weighted by Crippen LogP contribution is -2.44. The van der Waals surface area contributed by atoms with Gasteiger partial charge < -0.3 is 24.8 Å². The molecule has 1 aliphatic heterocycles. The van der Waals surface area contributed by atoms with Gasteiger partial charge in [0.1, 0.15) is 5.82 Å². The van der Waals surface area contributed by atoms with E-state index in [1.807, 2.05) is 12.3 Å². The fraction of sp³-hybridized carbons (Fsp3) is 0.643. The van der Waals surface area contributed by atoms with Crippen LogP contribution in [0.2, 0.25) is 0 Å². The number of rotatable bonds is 7. The Labute approximate surface area is 119 Å². The SMILES string of the molecule is COCCNCc1ccc(N2CCOC(CO)C2)nc1. The van der Waals surface area contributed by atoms with E-state index >= 15 is 0 Å². The molecule has 2 rings (SSSR count). The number of hydrogen-bond acceptors (Lipinski definition) is 6. The van der Waals surface area contributed by atoms with Gasteiger partial charge in [0.2, 0.25) is 0 Å². The first-order valence-corrected chi connectivity index (χ1v) is 6.95. The van der Waals surface area contributed by atoms with E-state index in [0.29, 0.717) is 19.8 Å². The second-order valence-electron chi connectivity index (χ2n) is 4.82. The molecule has 0 saturated carbocycles. The van der Waals surface area contributed by atoms with Gasteiger partial charge in [0.05, 0.1) is 25.9 Å². The number of nitrogens with one attached hydrogen (secondary N) is 1. The normalized spacial score (nSPS) is 19.3. The Balaban J connectivity index is 1.84. The van der Waals surface area contributed by atoms with Crippen molar-refractivity contribution in [3.63, 3.8) is 0 Å². The third-order valence-corrected chi connectivity index (χ3v) is 3.29. The average molecular weight is 281 g/mol. The highest BCUT2D eigenvalue weighted by atomic mass is 16.5. The number of ether oxygens (including phenoxy) is 2. The van der Waals surface area contributed by atoms with Crippen molar-refractivity contribution in [1.82, 2.24) is 10.3 Å². The molecule has 1 aromatic heterocycles. The number of aromatic nitrogens is 1. The molecule has 0 amide bonds. The van der Waals surface area contributed by atoms with Gasteiger partial charge in [-0.25, -0.2) is 4.98 Å². The summed E-state index contributed by atoms with van der Waals surface area (Å²) < 4.78 is 10.4. The van der Waals surface area contributed by atoms with Crippen LogP contribution in [0, 0.1) is 0 Å². The number of morpholine rings is 1. The van der Waals surface area contributed by atoms with Crippen LogP contribution in [-0.4, -0.2) is 62.8 Å². The maximum Gasteiger partial charge on any atom is 0.128 e. The molecule has 1 aliphatic rings. The van der Waals surface area contributed by atoms with Gasteiger partial charge in [-0.2, -0.15) is 0 Å². The Hall–Kier alpha value is -1.21. The van der Waals surface area contributed by atoms with Gasteiger partial charge in [-0.1, -0.05) is 6.07 Å². The summed E-state index contributed by atoms with van der Waals surface area (Å²) in [5.74, 6) is 0.937. The van der Waals surface area contributed by atoms with Gasteiger partial charge in [0.25, 0.3) is 0 Å². The molecule has 0 aliphatic carbocycles. The van der Waals surface area contributed by atoms with Crippen LogP contribution in [0.5, 0.6) is 0 Å². The Morgan fingerprint density at radius 2 is 2.45 bits per heavy atom. The minimum atomic E-state index is -0.110. The first kappa shape index (κ1) is 15.2. The van der Waals surface area contributed by atoms with Crippen molar-refractivity contribution >= 4 is 5.82 Å². The van der Waals surface area contributed by atoms with Crippen LogP contribution < -0.4 is 10.2 Å². The van der Waals surface area contributed by atoms with Crippen molar-refractivity contribution in [2.75, 3.05) is 51.5 Å². The molecule has 6 heteroatoms. The molecule has 1 saturated heterocycles. The summed E-state index contributed by atoms with van der Waals surface area (Å²) in [6.45, 7) is 4.52. The van der Waals surface area contributed by atoms with Gasteiger partial charge in [0, 0.05) is 39.5 Å². The van der Waals surface area contributed by atoms with Gasteiger partial charge in [-0.3, -0.25) is 0 Å². The van der Waals surface area contributed by atoms with Crippen molar-refractivity contribution < 1.29 is 14.6 Å². The number of aliphatic hydroxyl groups excluding tert-OH is 1. The quantitative estimate of drug-likeness (QED) is 0.687. The van der Waals surface area contributed by atoms with Crippen molar-refractivity contribution in [2.45, 2.75) is 12.6 Å². The van der Waals surface area contributed by atoms with Crippen LogP contribution in [0.3, 0.4) is 0 Å². The highest BCUT2D eigenvalue weighted by molar-refractivity contribution is 5.40. The molecule has 2 N–H and O–H groups in total. The van der Waals surface area contributed by atoms with Crippen LogP contribution >= 0.6 is 0 Å². The molecule has 0 bridgehead atoms. The first-order valence-electron chi connectivity index (χ1n) is 6.95. The maximum atomic E-state index is 9.15. The second-order valence-corrected chi connectivity index (χ2v) is 4.82. The molecule has 20 heavy (non-hydrogen) atoms. The predicted octanol–water partition coefficient (Wildman–Crippen LogP) is 0.0151. The number of methoxy groups -OCH3 is 1. The summed E-state index contributed by atoms with van der Waals surface area (Å²) in [4.78, 5) is 6.63. The Morgan fingerprint density at radius 1 is 1.55 bits per heavy atom. The molecular weight excluding hydrogens is 258 g/mol. The molecule has 2 heterocycles. The van der Waals surface area contributed by atoms with Crippen LogP contribution in [0.1, 0.15) is 5.56 Å². The Bertz CT molecular complexity index is 386. The molecule has 112 valence electrons. The number of nitrogens with zero attached hydrogens (tertiary/aromatic N) is 2. The molecule has 0 radical (unpaired) electrons. The topological polar surface area (TPSA) is 66.9 Å².